The molecule has 1 aromatic heterocycles. The fourth-order valence-electron chi connectivity index (χ4n) is 2.33. The van der Waals surface area contributed by atoms with E-state index in [1.165, 1.54) is 12.1 Å². The molecule has 0 radical (unpaired) electrons. The Morgan fingerprint density at radius 1 is 1.21 bits per heavy atom. The number of hydrazine groups is 1. The average Bonchev–Trinajstić information content (AvgIpc) is 3.21. The van der Waals surface area contributed by atoms with Gasteiger partial charge < -0.3 is 5.32 Å². The smallest absolute Gasteiger partial charge is 0.269 e. The number of fused-ring (bicyclic) bond motifs is 1. The number of carbonyl (C=O) groups is 2. The van der Waals surface area contributed by atoms with Gasteiger partial charge in [0.1, 0.15) is 11.9 Å². The van der Waals surface area contributed by atoms with Crippen LogP contribution in [0.15, 0.2) is 47.8 Å². The highest BCUT2D eigenvalue weighted by Crippen LogP contribution is 2.30. The number of anilines is 1. The Labute approximate surface area is 166 Å². The maximum absolute atomic E-state index is 12.4. The second-order valence-electron chi connectivity index (χ2n) is 5.59. The highest BCUT2D eigenvalue weighted by Gasteiger charge is 2.06. The number of nitrogens with zero attached hydrogens (tertiary/aromatic N) is 1. The summed E-state index contributed by atoms with van der Waals surface area (Å²) in [6, 6.07) is 13.1. The van der Waals surface area contributed by atoms with Crippen molar-refractivity contribution in [1.29, 1.82) is 5.26 Å². The molecular weight excluding hydrogens is 379 g/mol. The molecule has 0 fully saturated rings. The van der Waals surface area contributed by atoms with E-state index in [1.807, 2.05) is 22.9 Å². The molecular formula is C20H19FN4O2S. The third-order valence-electron chi connectivity index (χ3n) is 3.65. The highest BCUT2D eigenvalue weighted by molar-refractivity contribution is 7.17. The normalized spacial score (nSPS) is 9.61. The minimum absolute atomic E-state index is 0.274. The molecule has 3 rings (SSSR count). The third kappa shape index (κ3) is 5.53. The molecule has 0 aliphatic heterocycles. The Morgan fingerprint density at radius 3 is 2.61 bits per heavy atom. The molecule has 0 spiro atoms. The van der Waals surface area contributed by atoms with Crippen molar-refractivity contribution in [3.05, 3.63) is 64.8 Å². The summed E-state index contributed by atoms with van der Waals surface area (Å²) >= 11 is 1.62. The minimum Gasteiger partial charge on any atom is -0.385 e. The number of nitrogens with one attached hydrogen (secondary N) is 3. The molecule has 8 heteroatoms. The van der Waals surface area contributed by atoms with E-state index in [1.54, 1.807) is 11.3 Å². The van der Waals surface area contributed by atoms with Crippen LogP contribution < -0.4 is 16.2 Å². The summed E-state index contributed by atoms with van der Waals surface area (Å²) in [6.07, 6.45) is 1.44. The van der Waals surface area contributed by atoms with Gasteiger partial charge in [0.25, 0.3) is 5.91 Å². The van der Waals surface area contributed by atoms with Crippen molar-refractivity contribution in [3.8, 4) is 6.07 Å². The molecule has 0 saturated carbocycles. The first-order valence-corrected chi connectivity index (χ1v) is 9.38. The standard InChI is InChI=1S/C12H12N2S.C8H7FN2O2/c1-2-6-14-11-4-3-9(8-13)12-10(11)5-7-15-12;9-7-3-1-6(2-4-7)8(13)11-10-5-12/h3-5,7,14H,2,6H2,1H3;1-5H,(H,10,12)(H,11,13). The van der Waals surface area contributed by atoms with Gasteiger partial charge in [0.2, 0.25) is 6.41 Å². The Bertz CT molecular complexity index is 980. The number of nitriles is 1. The van der Waals surface area contributed by atoms with Crippen molar-refractivity contribution in [1.82, 2.24) is 10.9 Å². The lowest BCUT2D eigenvalue weighted by Crippen LogP contribution is -2.36. The molecule has 2 amide bonds. The minimum atomic E-state index is -0.493. The molecule has 0 bridgehead atoms. The third-order valence-corrected chi connectivity index (χ3v) is 4.60. The number of amides is 2. The summed E-state index contributed by atoms with van der Waals surface area (Å²) < 4.78 is 13.5. The Morgan fingerprint density at radius 2 is 1.96 bits per heavy atom. The second kappa shape index (κ2) is 10.6. The number of rotatable bonds is 6. The maximum Gasteiger partial charge on any atom is 0.269 e. The summed E-state index contributed by atoms with van der Waals surface area (Å²) in [6.45, 7) is 3.11. The van der Waals surface area contributed by atoms with E-state index in [0.29, 0.717) is 6.41 Å². The van der Waals surface area contributed by atoms with E-state index in [-0.39, 0.29) is 5.56 Å². The van der Waals surface area contributed by atoms with Crippen LogP contribution in [0.4, 0.5) is 10.1 Å². The molecule has 0 aliphatic carbocycles. The van der Waals surface area contributed by atoms with Crippen LogP contribution in [0.1, 0.15) is 29.3 Å². The zero-order chi connectivity index (χ0) is 20.4. The Balaban J connectivity index is 0.000000203. The van der Waals surface area contributed by atoms with Gasteiger partial charge in [0.15, 0.2) is 0 Å². The zero-order valence-electron chi connectivity index (χ0n) is 15.2. The lowest BCUT2D eigenvalue weighted by atomic mass is 10.1. The first kappa shape index (κ1) is 20.9. The van der Waals surface area contributed by atoms with E-state index in [2.05, 4.69) is 29.8 Å². The van der Waals surface area contributed by atoms with Crippen LogP contribution >= 0.6 is 11.3 Å². The number of carbonyl (C=O) groups excluding carboxylic acids is 2. The molecule has 6 nitrogen and oxygen atoms in total. The number of halogens is 1. The molecule has 28 heavy (non-hydrogen) atoms. The molecule has 0 saturated heterocycles. The SMILES string of the molecule is CCCNc1ccc(C#N)c2sccc12.O=CNNC(=O)c1ccc(F)cc1. The fourth-order valence-corrected chi connectivity index (χ4v) is 3.22. The molecule has 0 aliphatic rings. The second-order valence-corrected chi connectivity index (χ2v) is 6.50. The molecule has 144 valence electrons. The predicted molar refractivity (Wildman–Crippen MR) is 108 cm³/mol. The van der Waals surface area contributed by atoms with Crippen LogP contribution in [0.3, 0.4) is 0 Å². The number of hydrogen-bond donors (Lipinski definition) is 3. The average molecular weight is 398 g/mol. The zero-order valence-corrected chi connectivity index (χ0v) is 16.0. The van der Waals surface area contributed by atoms with Gasteiger partial charge in [-0.1, -0.05) is 6.92 Å². The molecule has 1 heterocycles. The van der Waals surface area contributed by atoms with Crippen molar-refractivity contribution < 1.29 is 14.0 Å². The monoisotopic (exact) mass is 398 g/mol. The molecule has 2 aromatic carbocycles. The number of benzene rings is 2. The lowest BCUT2D eigenvalue weighted by Gasteiger charge is -2.06. The lowest BCUT2D eigenvalue weighted by molar-refractivity contribution is -0.110. The summed E-state index contributed by atoms with van der Waals surface area (Å²) in [7, 11) is 0. The van der Waals surface area contributed by atoms with Gasteiger partial charge in [0, 0.05) is 23.2 Å². The van der Waals surface area contributed by atoms with Crippen LogP contribution in [0.5, 0.6) is 0 Å². The first-order valence-electron chi connectivity index (χ1n) is 8.50. The van der Waals surface area contributed by atoms with Gasteiger partial charge in [-0.3, -0.25) is 20.4 Å². The molecule has 0 atom stereocenters. The fraction of sp³-hybridized carbons (Fsp3) is 0.150. The van der Waals surface area contributed by atoms with Crippen LogP contribution in [0, 0.1) is 17.1 Å². The molecule has 0 unspecified atom stereocenters. The quantitative estimate of drug-likeness (QED) is 0.435. The molecule has 3 aromatic rings. The van der Waals surface area contributed by atoms with Gasteiger partial charge >= 0.3 is 0 Å². The van der Waals surface area contributed by atoms with Gasteiger partial charge in [0.05, 0.1) is 10.3 Å². The van der Waals surface area contributed by atoms with Crippen LogP contribution in [0.25, 0.3) is 10.1 Å². The van der Waals surface area contributed by atoms with E-state index < -0.39 is 11.7 Å². The van der Waals surface area contributed by atoms with Crippen LogP contribution in [-0.2, 0) is 4.79 Å². The summed E-state index contributed by atoms with van der Waals surface area (Å²) in [5.74, 6) is -0.910. The van der Waals surface area contributed by atoms with Gasteiger partial charge in [-0.25, -0.2) is 4.39 Å². The van der Waals surface area contributed by atoms with Crippen molar-refractivity contribution in [3.63, 3.8) is 0 Å². The maximum atomic E-state index is 12.4. The van der Waals surface area contributed by atoms with Crippen molar-refractivity contribution in [2.24, 2.45) is 0 Å². The van der Waals surface area contributed by atoms with Crippen LogP contribution in [-0.4, -0.2) is 18.9 Å². The van der Waals surface area contributed by atoms with E-state index in [9.17, 15) is 14.0 Å². The van der Waals surface area contributed by atoms with Gasteiger partial charge in [-0.2, -0.15) is 5.26 Å². The summed E-state index contributed by atoms with van der Waals surface area (Å²) in [5, 5.41) is 15.5. The first-order chi connectivity index (χ1) is 13.6. The van der Waals surface area contributed by atoms with Crippen LogP contribution in [0.2, 0.25) is 0 Å². The topological polar surface area (TPSA) is 94.0 Å². The Kier molecular flexibility index (Phi) is 7.93. The Hall–Kier alpha value is -3.44. The molecule has 3 N–H and O–H groups in total. The van der Waals surface area contributed by atoms with Gasteiger partial charge in [-0.15, -0.1) is 11.3 Å². The van der Waals surface area contributed by atoms with Crippen molar-refractivity contribution in [2.75, 3.05) is 11.9 Å². The number of hydrogen-bond acceptors (Lipinski definition) is 5. The highest BCUT2D eigenvalue weighted by atomic mass is 32.1. The van der Waals surface area contributed by atoms with Gasteiger partial charge in [-0.05, 0) is 54.3 Å². The largest absolute Gasteiger partial charge is 0.385 e. The van der Waals surface area contributed by atoms with Crippen molar-refractivity contribution in [2.45, 2.75) is 13.3 Å². The summed E-state index contributed by atoms with van der Waals surface area (Å²) in [4.78, 5) is 20.9. The summed E-state index contributed by atoms with van der Waals surface area (Å²) in [5.41, 5.74) is 6.25. The number of thiophene rings is 1. The van der Waals surface area contributed by atoms with E-state index in [0.717, 1.165) is 46.4 Å². The predicted octanol–water partition coefficient (Wildman–Crippen LogP) is 3.81. The van der Waals surface area contributed by atoms with E-state index in [4.69, 9.17) is 5.26 Å². The van der Waals surface area contributed by atoms with Crippen molar-refractivity contribution >= 4 is 39.4 Å². The van der Waals surface area contributed by atoms with E-state index >= 15 is 0 Å².